The molecule has 0 bridgehead atoms. The van der Waals surface area contributed by atoms with Crippen LogP contribution in [0.1, 0.15) is 16.1 Å². The summed E-state index contributed by atoms with van der Waals surface area (Å²) in [5.41, 5.74) is 0.708. The molecule has 24 heavy (non-hydrogen) atoms. The van der Waals surface area contributed by atoms with Crippen LogP contribution >= 0.6 is 0 Å². The maximum atomic E-state index is 11.9. The minimum Gasteiger partial charge on any atom is -0.497 e. The van der Waals surface area contributed by atoms with Gasteiger partial charge >= 0.3 is 5.97 Å². The minimum absolute atomic E-state index is 0.0589. The number of carbonyl (C=O) groups excluding carboxylic acids is 1. The molecule has 122 valence electrons. The molecule has 0 spiro atoms. The van der Waals surface area contributed by atoms with Crippen LogP contribution in [0.15, 0.2) is 58.0 Å². The molecule has 2 aromatic heterocycles. The molecule has 0 aliphatic rings. The van der Waals surface area contributed by atoms with Gasteiger partial charge in [0.05, 0.1) is 7.11 Å². The first kappa shape index (κ1) is 15.5. The minimum atomic E-state index is -0.717. The number of pyridine rings is 1. The second-order valence-corrected chi connectivity index (χ2v) is 4.90. The number of esters is 1. The first-order valence-electron chi connectivity index (χ1n) is 7.12. The summed E-state index contributed by atoms with van der Waals surface area (Å²) in [6, 6.07) is 11.9. The van der Waals surface area contributed by atoms with Crippen LogP contribution in [0.25, 0.3) is 11.3 Å². The van der Waals surface area contributed by atoms with Crippen LogP contribution in [0, 0.1) is 0 Å². The van der Waals surface area contributed by atoms with E-state index in [0.717, 1.165) is 11.3 Å². The number of carbonyl (C=O) groups is 1. The normalized spacial score (nSPS) is 10.4. The van der Waals surface area contributed by atoms with Gasteiger partial charge in [0.25, 0.3) is 5.56 Å². The van der Waals surface area contributed by atoms with Gasteiger partial charge in [0.2, 0.25) is 0 Å². The summed E-state index contributed by atoms with van der Waals surface area (Å²) in [6.45, 7) is -0.0905. The molecule has 0 amide bonds. The Hall–Kier alpha value is -3.35. The van der Waals surface area contributed by atoms with Crippen LogP contribution in [0.5, 0.6) is 5.75 Å². The molecule has 2 heterocycles. The van der Waals surface area contributed by atoms with E-state index >= 15 is 0 Å². The molecule has 3 rings (SSSR count). The van der Waals surface area contributed by atoms with Crippen molar-refractivity contribution in [2.24, 2.45) is 0 Å². The van der Waals surface area contributed by atoms with E-state index in [4.69, 9.17) is 14.0 Å². The van der Waals surface area contributed by atoms with E-state index in [0.29, 0.717) is 11.5 Å². The molecule has 0 aliphatic carbocycles. The van der Waals surface area contributed by atoms with E-state index in [1.165, 1.54) is 12.3 Å². The lowest BCUT2D eigenvalue weighted by Crippen LogP contribution is -2.18. The fourth-order valence-electron chi connectivity index (χ4n) is 2.07. The number of hydrogen-bond donors (Lipinski definition) is 1. The van der Waals surface area contributed by atoms with Crippen molar-refractivity contribution in [3.8, 4) is 17.1 Å². The van der Waals surface area contributed by atoms with Crippen LogP contribution in [0.3, 0.4) is 0 Å². The third-order valence-corrected chi connectivity index (χ3v) is 3.32. The van der Waals surface area contributed by atoms with Gasteiger partial charge < -0.3 is 19.0 Å². The van der Waals surface area contributed by atoms with Crippen LogP contribution in [0.2, 0.25) is 0 Å². The summed E-state index contributed by atoms with van der Waals surface area (Å²) >= 11 is 0. The molecule has 1 N–H and O–H groups in total. The highest BCUT2D eigenvalue weighted by molar-refractivity contribution is 5.88. The van der Waals surface area contributed by atoms with Gasteiger partial charge in [0.1, 0.15) is 23.6 Å². The van der Waals surface area contributed by atoms with E-state index in [2.05, 4.69) is 10.1 Å². The Morgan fingerprint density at radius 1 is 1.25 bits per heavy atom. The SMILES string of the molecule is COc1ccc(-c2cc(COC(=O)c3ccc[nH]c3=O)no2)cc1. The third kappa shape index (κ3) is 3.35. The van der Waals surface area contributed by atoms with Gasteiger partial charge in [-0.1, -0.05) is 5.16 Å². The van der Waals surface area contributed by atoms with Crippen molar-refractivity contribution < 1.29 is 18.8 Å². The van der Waals surface area contributed by atoms with Crippen molar-refractivity contribution in [2.45, 2.75) is 6.61 Å². The van der Waals surface area contributed by atoms with Gasteiger partial charge in [-0.15, -0.1) is 0 Å². The summed E-state index contributed by atoms with van der Waals surface area (Å²) in [6.07, 6.45) is 1.44. The Balaban J connectivity index is 1.67. The Labute approximate surface area is 136 Å². The molecule has 7 nitrogen and oxygen atoms in total. The predicted molar refractivity (Wildman–Crippen MR) is 84.7 cm³/mol. The first-order valence-corrected chi connectivity index (χ1v) is 7.12. The molecule has 0 atom stereocenters. The Kier molecular flexibility index (Phi) is 4.42. The van der Waals surface area contributed by atoms with Gasteiger partial charge in [0, 0.05) is 17.8 Å². The van der Waals surface area contributed by atoms with E-state index in [-0.39, 0.29) is 12.2 Å². The second-order valence-electron chi connectivity index (χ2n) is 4.90. The number of benzene rings is 1. The molecule has 3 aromatic rings. The molecule has 0 radical (unpaired) electrons. The highest BCUT2D eigenvalue weighted by Gasteiger charge is 2.13. The zero-order valence-corrected chi connectivity index (χ0v) is 12.8. The number of hydrogen-bond acceptors (Lipinski definition) is 6. The van der Waals surface area contributed by atoms with Crippen LogP contribution < -0.4 is 10.3 Å². The average Bonchev–Trinajstić information content (AvgIpc) is 3.09. The number of nitrogens with zero attached hydrogens (tertiary/aromatic N) is 1. The van der Waals surface area contributed by atoms with E-state index in [9.17, 15) is 9.59 Å². The van der Waals surface area contributed by atoms with Crippen molar-refractivity contribution >= 4 is 5.97 Å². The molecule has 1 aromatic carbocycles. The van der Waals surface area contributed by atoms with Crippen LogP contribution in [-0.2, 0) is 11.3 Å². The van der Waals surface area contributed by atoms with Crippen LogP contribution in [0.4, 0.5) is 0 Å². The molecule has 7 heteroatoms. The highest BCUT2D eigenvalue weighted by atomic mass is 16.5. The number of H-pyrrole nitrogens is 1. The Morgan fingerprint density at radius 3 is 2.75 bits per heavy atom. The zero-order valence-electron chi connectivity index (χ0n) is 12.8. The molecule has 0 saturated carbocycles. The summed E-state index contributed by atoms with van der Waals surface area (Å²) in [5.74, 6) is 0.563. The van der Waals surface area contributed by atoms with Gasteiger partial charge in [-0.2, -0.15) is 0 Å². The van der Waals surface area contributed by atoms with Crippen molar-refractivity contribution in [3.05, 3.63) is 70.3 Å². The lowest BCUT2D eigenvalue weighted by molar-refractivity contribution is 0.0462. The molecule has 0 unspecified atom stereocenters. The number of ether oxygens (including phenoxy) is 2. The van der Waals surface area contributed by atoms with Gasteiger partial charge in [-0.05, 0) is 36.4 Å². The van der Waals surface area contributed by atoms with Crippen molar-refractivity contribution in [1.29, 1.82) is 0 Å². The zero-order chi connectivity index (χ0) is 16.9. The summed E-state index contributed by atoms with van der Waals surface area (Å²) in [5, 5.41) is 3.85. The fraction of sp³-hybridized carbons (Fsp3) is 0.118. The molecular formula is C17H14N2O5. The first-order chi connectivity index (χ1) is 11.7. The van der Waals surface area contributed by atoms with Crippen molar-refractivity contribution in [2.75, 3.05) is 7.11 Å². The highest BCUT2D eigenvalue weighted by Crippen LogP contribution is 2.23. The summed E-state index contributed by atoms with van der Waals surface area (Å²) < 4.78 is 15.4. The molecule has 0 saturated heterocycles. The maximum absolute atomic E-state index is 11.9. The second kappa shape index (κ2) is 6.82. The third-order valence-electron chi connectivity index (χ3n) is 3.32. The van der Waals surface area contributed by atoms with E-state index in [1.807, 2.05) is 12.1 Å². The lowest BCUT2D eigenvalue weighted by Gasteiger charge is -2.01. The van der Waals surface area contributed by atoms with Crippen molar-refractivity contribution in [3.63, 3.8) is 0 Å². The lowest BCUT2D eigenvalue weighted by atomic mass is 10.1. The Bertz CT molecular complexity index is 896. The smallest absolute Gasteiger partial charge is 0.344 e. The topological polar surface area (TPSA) is 94.4 Å². The van der Waals surface area contributed by atoms with Gasteiger partial charge in [0.15, 0.2) is 5.76 Å². The van der Waals surface area contributed by atoms with Gasteiger partial charge in [-0.25, -0.2) is 4.79 Å². The number of aromatic nitrogens is 2. The molecular weight excluding hydrogens is 312 g/mol. The number of methoxy groups -OCH3 is 1. The van der Waals surface area contributed by atoms with Crippen molar-refractivity contribution in [1.82, 2.24) is 10.1 Å². The van der Waals surface area contributed by atoms with E-state index in [1.54, 1.807) is 31.4 Å². The summed E-state index contributed by atoms with van der Waals surface area (Å²) in [4.78, 5) is 25.8. The quantitative estimate of drug-likeness (QED) is 0.724. The largest absolute Gasteiger partial charge is 0.497 e. The summed E-state index contributed by atoms with van der Waals surface area (Å²) in [7, 11) is 1.59. The molecule has 0 aliphatic heterocycles. The number of rotatable bonds is 5. The van der Waals surface area contributed by atoms with Crippen LogP contribution in [-0.4, -0.2) is 23.2 Å². The maximum Gasteiger partial charge on any atom is 0.344 e. The number of aromatic amines is 1. The van der Waals surface area contributed by atoms with E-state index < -0.39 is 11.5 Å². The average molecular weight is 326 g/mol. The molecule has 0 fully saturated rings. The fourth-order valence-corrected chi connectivity index (χ4v) is 2.07. The Morgan fingerprint density at radius 2 is 2.04 bits per heavy atom. The standard InChI is InChI=1S/C17H14N2O5/c1-22-13-6-4-11(5-7-13)15-9-12(19-24-15)10-23-17(21)14-3-2-8-18-16(14)20/h2-9H,10H2,1H3,(H,18,20). The van der Waals surface area contributed by atoms with Gasteiger partial charge in [-0.3, -0.25) is 4.79 Å². The number of nitrogens with one attached hydrogen (secondary N) is 1. The monoisotopic (exact) mass is 326 g/mol. The predicted octanol–water partition coefficient (Wildman–Crippen LogP) is 2.40.